The third-order valence-corrected chi connectivity index (χ3v) is 4.64. The van der Waals surface area contributed by atoms with Crippen molar-refractivity contribution in [1.29, 1.82) is 5.41 Å². The molecular formula is C17H21N3. The van der Waals surface area contributed by atoms with Gasteiger partial charge < -0.3 is 16.5 Å². The highest BCUT2D eigenvalue weighted by Crippen LogP contribution is 2.45. The van der Waals surface area contributed by atoms with Gasteiger partial charge in [0.1, 0.15) is 0 Å². The molecule has 0 aromatic carbocycles. The van der Waals surface area contributed by atoms with E-state index in [0.717, 1.165) is 41.8 Å². The fourth-order valence-corrected chi connectivity index (χ4v) is 3.17. The quantitative estimate of drug-likeness (QED) is 0.682. The molecule has 0 saturated carbocycles. The molecule has 0 amide bonds. The lowest BCUT2D eigenvalue weighted by atomic mass is 9.79. The number of fused-ring (bicyclic) bond motifs is 1. The van der Waals surface area contributed by atoms with Gasteiger partial charge in [0, 0.05) is 11.4 Å². The number of nitrogens with one attached hydrogen (secondary N) is 2. The Kier molecular flexibility index (Phi) is 2.93. The van der Waals surface area contributed by atoms with E-state index >= 15 is 0 Å². The van der Waals surface area contributed by atoms with Gasteiger partial charge >= 0.3 is 0 Å². The summed E-state index contributed by atoms with van der Waals surface area (Å²) in [5.74, 6) is 0. The summed E-state index contributed by atoms with van der Waals surface area (Å²) in [4.78, 5) is 0. The molecule has 0 aromatic heterocycles. The molecule has 0 fully saturated rings. The standard InChI is InChI=1S/C17H21N3/c1-11(12-7-3-4-8-13(12)18)15-16(19)17(2)10-6-5-9-14(17)20-15/h4-6,8-9,18,20H,3,7,10,19H2,1-2H3. The number of hydrogen-bond acceptors (Lipinski definition) is 3. The van der Waals surface area contributed by atoms with Gasteiger partial charge in [0.2, 0.25) is 0 Å². The third-order valence-electron chi connectivity index (χ3n) is 4.64. The average Bonchev–Trinajstić information content (AvgIpc) is 2.71. The van der Waals surface area contributed by atoms with Gasteiger partial charge in [-0.1, -0.05) is 18.2 Å². The first-order valence-electron chi connectivity index (χ1n) is 7.14. The normalized spacial score (nSPS) is 31.1. The summed E-state index contributed by atoms with van der Waals surface area (Å²) in [6, 6.07) is 0. The Morgan fingerprint density at radius 1 is 1.40 bits per heavy atom. The molecule has 1 unspecified atom stereocenters. The summed E-state index contributed by atoms with van der Waals surface area (Å²) in [6.45, 7) is 4.26. The van der Waals surface area contributed by atoms with Crippen LogP contribution in [0.1, 0.15) is 33.1 Å². The van der Waals surface area contributed by atoms with Crippen LogP contribution in [-0.2, 0) is 0 Å². The molecule has 4 N–H and O–H groups in total. The molecule has 0 aromatic rings. The van der Waals surface area contributed by atoms with Gasteiger partial charge in [-0.15, -0.1) is 0 Å². The van der Waals surface area contributed by atoms with E-state index in [9.17, 15) is 0 Å². The van der Waals surface area contributed by atoms with Gasteiger partial charge in [-0.25, -0.2) is 0 Å². The molecule has 0 spiro atoms. The highest BCUT2D eigenvalue weighted by molar-refractivity contribution is 6.07. The van der Waals surface area contributed by atoms with Crippen molar-refractivity contribution in [3.05, 3.63) is 58.6 Å². The molecule has 1 atom stereocenters. The zero-order chi connectivity index (χ0) is 14.3. The van der Waals surface area contributed by atoms with Gasteiger partial charge in [0.05, 0.1) is 16.8 Å². The minimum absolute atomic E-state index is 0.113. The average molecular weight is 267 g/mol. The smallest absolute Gasteiger partial charge is 0.0616 e. The van der Waals surface area contributed by atoms with Crippen LogP contribution in [0.2, 0.25) is 0 Å². The van der Waals surface area contributed by atoms with E-state index in [1.165, 1.54) is 5.70 Å². The van der Waals surface area contributed by atoms with Crippen LogP contribution >= 0.6 is 0 Å². The Morgan fingerprint density at radius 3 is 2.90 bits per heavy atom. The molecule has 1 aliphatic heterocycles. The summed E-state index contributed by atoms with van der Waals surface area (Å²) in [6.07, 6.45) is 13.2. The second kappa shape index (κ2) is 4.51. The van der Waals surface area contributed by atoms with E-state index < -0.39 is 0 Å². The van der Waals surface area contributed by atoms with Gasteiger partial charge in [-0.2, -0.15) is 0 Å². The maximum atomic E-state index is 8.09. The molecule has 0 saturated heterocycles. The predicted molar refractivity (Wildman–Crippen MR) is 83.1 cm³/mol. The molecule has 3 nitrogen and oxygen atoms in total. The molecule has 20 heavy (non-hydrogen) atoms. The fraction of sp³-hybridized carbons (Fsp3) is 0.353. The number of hydrogen-bond donors (Lipinski definition) is 3. The van der Waals surface area contributed by atoms with E-state index in [-0.39, 0.29) is 5.41 Å². The second-order valence-corrected chi connectivity index (χ2v) is 5.92. The van der Waals surface area contributed by atoms with Crippen molar-refractivity contribution in [2.24, 2.45) is 11.1 Å². The molecule has 2 aliphatic carbocycles. The molecule has 3 rings (SSSR count). The topological polar surface area (TPSA) is 61.9 Å². The lowest BCUT2D eigenvalue weighted by molar-refractivity contribution is 0.482. The van der Waals surface area contributed by atoms with E-state index in [1.54, 1.807) is 0 Å². The van der Waals surface area contributed by atoms with Crippen LogP contribution in [0.3, 0.4) is 0 Å². The molecule has 3 heteroatoms. The molecule has 104 valence electrons. The maximum absolute atomic E-state index is 8.09. The predicted octanol–water partition coefficient (Wildman–Crippen LogP) is 3.30. The minimum atomic E-state index is -0.113. The van der Waals surface area contributed by atoms with Crippen molar-refractivity contribution in [3.8, 4) is 0 Å². The molecule has 3 aliphatic rings. The maximum Gasteiger partial charge on any atom is 0.0616 e. The number of allylic oxidation sites excluding steroid dienone is 7. The SMILES string of the molecule is CC(=C1CCC=CC1=N)C1=C(N)C2(C)CC=CC=C2N1. The molecule has 0 bridgehead atoms. The summed E-state index contributed by atoms with van der Waals surface area (Å²) >= 11 is 0. The van der Waals surface area contributed by atoms with Crippen LogP contribution < -0.4 is 11.1 Å². The van der Waals surface area contributed by atoms with Gasteiger partial charge in [-0.3, -0.25) is 0 Å². The highest BCUT2D eigenvalue weighted by Gasteiger charge is 2.40. The van der Waals surface area contributed by atoms with Crippen molar-refractivity contribution < 1.29 is 0 Å². The van der Waals surface area contributed by atoms with Crippen LogP contribution in [-0.4, -0.2) is 5.71 Å². The van der Waals surface area contributed by atoms with Crippen LogP contribution in [0.25, 0.3) is 0 Å². The first kappa shape index (κ1) is 13.0. The van der Waals surface area contributed by atoms with Crippen LogP contribution in [0.4, 0.5) is 0 Å². The van der Waals surface area contributed by atoms with E-state index in [2.05, 4.69) is 43.5 Å². The third kappa shape index (κ3) is 1.77. The van der Waals surface area contributed by atoms with Crippen molar-refractivity contribution in [2.45, 2.75) is 33.1 Å². The fourth-order valence-electron chi connectivity index (χ4n) is 3.17. The zero-order valence-electron chi connectivity index (χ0n) is 12.1. The lowest BCUT2D eigenvalue weighted by Gasteiger charge is -2.27. The molecular weight excluding hydrogens is 246 g/mol. The largest absolute Gasteiger partial charge is 0.400 e. The minimum Gasteiger partial charge on any atom is -0.400 e. The Bertz CT molecular complexity index is 629. The zero-order valence-corrected chi connectivity index (χ0v) is 12.1. The summed E-state index contributed by atoms with van der Waals surface area (Å²) in [5.41, 5.74) is 12.3. The Hall–Kier alpha value is -2.03. The van der Waals surface area contributed by atoms with Gasteiger partial charge in [-0.05, 0) is 56.4 Å². The number of rotatable bonds is 1. The second-order valence-electron chi connectivity index (χ2n) is 5.92. The summed E-state index contributed by atoms with van der Waals surface area (Å²) < 4.78 is 0. The first-order valence-corrected chi connectivity index (χ1v) is 7.14. The van der Waals surface area contributed by atoms with Crippen molar-refractivity contribution >= 4 is 5.71 Å². The van der Waals surface area contributed by atoms with Crippen molar-refractivity contribution in [1.82, 2.24) is 5.32 Å². The Labute approximate surface area is 120 Å². The molecule has 1 heterocycles. The lowest BCUT2D eigenvalue weighted by Crippen LogP contribution is -2.25. The number of nitrogens with two attached hydrogens (primary N) is 1. The first-order chi connectivity index (χ1) is 9.54. The molecule has 0 radical (unpaired) electrons. The monoisotopic (exact) mass is 267 g/mol. The van der Waals surface area contributed by atoms with E-state index in [1.807, 2.05) is 6.08 Å². The summed E-state index contributed by atoms with van der Waals surface area (Å²) in [5, 5.41) is 11.6. The van der Waals surface area contributed by atoms with Gasteiger partial charge in [0.25, 0.3) is 0 Å². The van der Waals surface area contributed by atoms with Crippen LogP contribution in [0, 0.1) is 10.8 Å². The van der Waals surface area contributed by atoms with Gasteiger partial charge in [0.15, 0.2) is 0 Å². The summed E-state index contributed by atoms with van der Waals surface area (Å²) in [7, 11) is 0. The van der Waals surface area contributed by atoms with E-state index in [0.29, 0.717) is 5.71 Å². The van der Waals surface area contributed by atoms with Crippen molar-refractivity contribution in [2.75, 3.05) is 0 Å². The highest BCUT2D eigenvalue weighted by atomic mass is 15.0. The van der Waals surface area contributed by atoms with E-state index in [4.69, 9.17) is 11.1 Å². The Morgan fingerprint density at radius 2 is 2.20 bits per heavy atom. The van der Waals surface area contributed by atoms with Crippen LogP contribution in [0.5, 0.6) is 0 Å². The van der Waals surface area contributed by atoms with Crippen molar-refractivity contribution in [3.63, 3.8) is 0 Å². The van der Waals surface area contributed by atoms with Crippen LogP contribution in [0.15, 0.2) is 58.6 Å². The Balaban J connectivity index is 2.05.